The molecule has 10 heteroatoms. The zero-order valence-corrected chi connectivity index (χ0v) is 22.0. The van der Waals surface area contributed by atoms with Crippen molar-refractivity contribution in [1.29, 1.82) is 0 Å². The lowest BCUT2D eigenvalue weighted by molar-refractivity contribution is -0.134. The molecule has 4 rings (SSSR count). The summed E-state index contributed by atoms with van der Waals surface area (Å²) in [5.74, 6) is 0.219. The fourth-order valence-electron chi connectivity index (χ4n) is 4.25. The molecule has 1 fully saturated rings. The van der Waals surface area contributed by atoms with Crippen molar-refractivity contribution < 1.29 is 20.4 Å². The van der Waals surface area contributed by atoms with Crippen molar-refractivity contribution in [3.8, 4) is 11.1 Å². The van der Waals surface area contributed by atoms with E-state index in [1.54, 1.807) is 35.9 Å². The molecule has 2 aromatic heterocycles. The van der Waals surface area contributed by atoms with Gasteiger partial charge in [0, 0.05) is 38.5 Å². The van der Waals surface area contributed by atoms with Crippen molar-refractivity contribution in [1.82, 2.24) is 19.4 Å². The van der Waals surface area contributed by atoms with Crippen molar-refractivity contribution in [2.75, 3.05) is 25.5 Å². The van der Waals surface area contributed by atoms with Gasteiger partial charge in [0.05, 0.1) is 0 Å². The molecule has 0 bridgehead atoms. The number of nitrogens with one attached hydrogen (secondary N) is 1. The van der Waals surface area contributed by atoms with Crippen LogP contribution in [0.2, 0.25) is 0 Å². The fraction of sp³-hybridized carbons (Fsp3) is 0.519. The predicted octanol–water partition coefficient (Wildman–Crippen LogP) is 6.83. The maximum atomic E-state index is 14.1. The molecule has 1 aliphatic rings. The molecule has 1 aromatic carbocycles. The monoisotopic (exact) mass is 525 g/mol. The Morgan fingerprint density at radius 1 is 1.19 bits per heavy atom. The van der Waals surface area contributed by atoms with Gasteiger partial charge in [-0.1, -0.05) is 19.1 Å². The molecule has 0 radical (unpaired) electrons. The number of hydrogen-bond donors (Lipinski definition) is 1. The zero-order valence-electron chi connectivity index (χ0n) is 22.0. The summed E-state index contributed by atoms with van der Waals surface area (Å²) in [6.07, 6.45) is -0.614. The molecule has 1 saturated heterocycles. The number of piperidine rings is 1. The highest BCUT2D eigenvalue weighted by Gasteiger charge is 2.24. The lowest BCUT2D eigenvalue weighted by Gasteiger charge is -2.29. The highest BCUT2D eigenvalue weighted by Crippen LogP contribution is 2.25. The van der Waals surface area contributed by atoms with Crippen LogP contribution in [0, 0.1) is 12.7 Å². The van der Waals surface area contributed by atoms with Crippen LogP contribution in [0.25, 0.3) is 22.2 Å². The van der Waals surface area contributed by atoms with E-state index in [-0.39, 0.29) is 26.7 Å². The van der Waals surface area contributed by atoms with Crippen LogP contribution in [-0.2, 0) is 0 Å². The lowest BCUT2D eigenvalue weighted by atomic mass is 10.0. The van der Waals surface area contributed by atoms with Crippen LogP contribution in [0.3, 0.4) is 0 Å². The molecule has 0 atom stereocenters. The minimum absolute atomic E-state index is 0. The number of aromatic nitrogens is 3. The van der Waals surface area contributed by atoms with Crippen molar-refractivity contribution in [2.45, 2.75) is 71.6 Å². The second kappa shape index (κ2) is 12.0. The van der Waals surface area contributed by atoms with E-state index in [0.29, 0.717) is 34.3 Å². The first kappa shape index (κ1) is 28.6. The number of rotatable bonds is 5. The molecule has 1 N–H and O–H groups in total. The maximum Gasteiger partial charge on any atom is 0.389 e. The normalized spacial score (nSPS) is 15.1. The Morgan fingerprint density at radius 3 is 2.41 bits per heavy atom. The third-order valence-corrected chi connectivity index (χ3v) is 6.36. The van der Waals surface area contributed by atoms with Gasteiger partial charge in [-0.15, -0.1) is 0 Å². The van der Waals surface area contributed by atoms with Gasteiger partial charge in [-0.2, -0.15) is 18.2 Å². The molecule has 0 aliphatic carbocycles. The van der Waals surface area contributed by atoms with Gasteiger partial charge in [-0.3, -0.25) is 9.36 Å². The Kier molecular flexibility index (Phi) is 9.28. The third-order valence-electron chi connectivity index (χ3n) is 6.36. The largest absolute Gasteiger partial charge is 0.389 e. The third kappa shape index (κ3) is 7.50. The molecule has 206 valence electrons. The summed E-state index contributed by atoms with van der Waals surface area (Å²) >= 11 is 0. The van der Waals surface area contributed by atoms with Crippen molar-refractivity contribution >= 4 is 17.0 Å². The lowest BCUT2D eigenvalue weighted by Crippen LogP contribution is -2.37. The summed E-state index contributed by atoms with van der Waals surface area (Å²) in [6, 6.07) is 6.88. The molecular weight excluding hydrogens is 486 g/mol. The topological polar surface area (TPSA) is 63.1 Å². The maximum absolute atomic E-state index is 14.1. The van der Waals surface area contributed by atoms with Crippen LogP contribution in [0.1, 0.15) is 60.9 Å². The number of hydrogen-bond acceptors (Lipinski definition) is 5. The van der Waals surface area contributed by atoms with E-state index in [4.69, 9.17) is 0 Å². The molecule has 0 spiro atoms. The van der Waals surface area contributed by atoms with E-state index < -0.39 is 12.6 Å². The molecule has 0 amide bonds. The van der Waals surface area contributed by atoms with E-state index in [1.165, 1.54) is 13.0 Å². The van der Waals surface area contributed by atoms with E-state index >= 15 is 0 Å². The Balaban J connectivity index is 0.000000752. The Morgan fingerprint density at radius 2 is 1.86 bits per heavy atom. The van der Waals surface area contributed by atoms with Crippen LogP contribution in [0.4, 0.5) is 23.5 Å². The van der Waals surface area contributed by atoms with Crippen LogP contribution < -0.4 is 10.9 Å². The van der Waals surface area contributed by atoms with Gasteiger partial charge in [-0.25, -0.2) is 9.37 Å². The fourth-order valence-corrected chi connectivity index (χ4v) is 4.25. The first-order chi connectivity index (χ1) is 17.4. The Hall–Kier alpha value is -3.01. The SMILES string of the molecule is CCCC(F)(F)F.Cc1ccc(-c2cc3cnc(NC4CCN(C)CC4)nc3n(C(C)C)c2=O)cc1F.[HH].[HH]. The first-order valence-corrected chi connectivity index (χ1v) is 12.6. The molecule has 37 heavy (non-hydrogen) atoms. The molecule has 1 aliphatic heterocycles. The van der Waals surface area contributed by atoms with Crippen molar-refractivity contribution in [3.05, 3.63) is 52.2 Å². The summed E-state index contributed by atoms with van der Waals surface area (Å²) in [4.78, 5) is 24.8. The van der Waals surface area contributed by atoms with Gasteiger partial charge < -0.3 is 10.2 Å². The summed E-state index contributed by atoms with van der Waals surface area (Å²) in [7, 11) is 2.13. The van der Waals surface area contributed by atoms with Crippen LogP contribution in [-0.4, -0.2) is 51.8 Å². The number of anilines is 1. The second-order valence-electron chi connectivity index (χ2n) is 9.85. The summed E-state index contributed by atoms with van der Waals surface area (Å²) in [5, 5.41) is 4.18. The van der Waals surface area contributed by atoms with E-state index in [1.807, 2.05) is 13.8 Å². The molecule has 3 heterocycles. The van der Waals surface area contributed by atoms with E-state index in [2.05, 4.69) is 27.2 Å². The van der Waals surface area contributed by atoms with Gasteiger partial charge in [0.15, 0.2) is 0 Å². The minimum Gasteiger partial charge on any atom is -0.351 e. The number of benzene rings is 1. The van der Waals surface area contributed by atoms with Crippen molar-refractivity contribution in [2.24, 2.45) is 0 Å². The van der Waals surface area contributed by atoms with Crippen LogP contribution in [0.15, 0.2) is 35.3 Å². The predicted molar refractivity (Wildman–Crippen MR) is 144 cm³/mol. The second-order valence-corrected chi connectivity index (χ2v) is 9.85. The van der Waals surface area contributed by atoms with Crippen molar-refractivity contribution in [3.63, 3.8) is 0 Å². The standard InChI is InChI=1S/C23H28FN5O.C4H7F3.2H2/c1-14(2)29-21-17(11-19(22(29)30)16-6-5-15(3)20(24)12-16)13-25-23(27-21)26-18-7-9-28(4)10-8-18;1-2-3-4(5,6)7;;/h5-6,11-14,18H,7-10H2,1-4H3,(H,25,26,27);2-3H2,1H3;2*1H. The van der Waals surface area contributed by atoms with E-state index in [9.17, 15) is 22.4 Å². The van der Waals surface area contributed by atoms with Gasteiger partial charge >= 0.3 is 6.18 Å². The molecule has 6 nitrogen and oxygen atoms in total. The average Bonchev–Trinajstić information content (AvgIpc) is 2.81. The number of fused-ring (bicyclic) bond motifs is 1. The Bertz CT molecular complexity index is 1280. The molecule has 3 aromatic rings. The zero-order chi connectivity index (χ0) is 27.3. The van der Waals surface area contributed by atoms with E-state index in [0.717, 1.165) is 31.3 Å². The van der Waals surface area contributed by atoms with Gasteiger partial charge in [0.1, 0.15) is 11.5 Å². The highest BCUT2D eigenvalue weighted by atomic mass is 19.4. The quantitative estimate of drug-likeness (QED) is 0.370. The van der Waals surface area contributed by atoms with Gasteiger partial charge in [0.2, 0.25) is 5.95 Å². The minimum atomic E-state index is -3.95. The van der Waals surface area contributed by atoms with Crippen LogP contribution >= 0.6 is 0 Å². The smallest absolute Gasteiger partial charge is 0.351 e. The summed E-state index contributed by atoms with van der Waals surface area (Å²) in [6.45, 7) is 9.20. The number of aryl methyl sites for hydroxylation is 1. The summed E-state index contributed by atoms with van der Waals surface area (Å²) in [5.41, 5.74) is 1.99. The highest BCUT2D eigenvalue weighted by molar-refractivity contribution is 5.81. The van der Waals surface area contributed by atoms with Crippen LogP contribution in [0.5, 0.6) is 0 Å². The van der Waals surface area contributed by atoms with Gasteiger partial charge in [-0.05, 0) is 83.4 Å². The number of nitrogens with zero attached hydrogens (tertiary/aromatic N) is 4. The average molecular weight is 526 g/mol. The Labute approximate surface area is 217 Å². The number of alkyl halides is 3. The number of likely N-dealkylation sites (tertiary alicyclic amines) is 1. The molecule has 0 unspecified atom stereocenters. The molecule has 0 saturated carbocycles. The first-order valence-electron chi connectivity index (χ1n) is 12.6. The summed E-state index contributed by atoms with van der Waals surface area (Å²) < 4.78 is 49.0. The molecular formula is C27H39F4N5O. The number of pyridine rings is 1. The number of halogens is 4. The van der Waals surface area contributed by atoms with Gasteiger partial charge in [0.25, 0.3) is 5.56 Å².